The number of amides is 1. The van der Waals surface area contributed by atoms with Crippen molar-refractivity contribution in [1.29, 1.82) is 0 Å². The number of nitrogens with zero attached hydrogens (tertiary/aromatic N) is 2. The van der Waals surface area contributed by atoms with E-state index in [1.165, 1.54) is 0 Å². The van der Waals surface area contributed by atoms with Crippen molar-refractivity contribution in [2.75, 3.05) is 18.1 Å². The van der Waals surface area contributed by atoms with Gasteiger partial charge in [0.15, 0.2) is 9.84 Å². The Balaban J connectivity index is 1.64. The molecule has 1 saturated heterocycles. The number of carbonyl (C=O) groups is 1. The van der Waals surface area contributed by atoms with Gasteiger partial charge in [0, 0.05) is 35.0 Å². The zero-order valence-electron chi connectivity index (χ0n) is 14.8. The highest BCUT2D eigenvalue weighted by molar-refractivity contribution is 8.00. The SMILES string of the molecule is CCN(C(=O)c1ccc(CSc2nc(C)cs2)cc1)C1CCS(=O)(=O)C1. The highest BCUT2D eigenvalue weighted by atomic mass is 32.2. The number of carbonyl (C=O) groups excluding carboxylic acids is 1. The Labute approximate surface area is 162 Å². The minimum absolute atomic E-state index is 0.0779. The lowest BCUT2D eigenvalue weighted by molar-refractivity contribution is 0.0708. The molecule has 0 saturated carbocycles. The molecule has 1 aliphatic rings. The zero-order valence-corrected chi connectivity index (χ0v) is 17.3. The summed E-state index contributed by atoms with van der Waals surface area (Å²) >= 11 is 3.32. The number of benzene rings is 1. The summed E-state index contributed by atoms with van der Waals surface area (Å²) in [6.45, 7) is 4.39. The molecule has 1 fully saturated rings. The van der Waals surface area contributed by atoms with Crippen molar-refractivity contribution in [2.24, 2.45) is 0 Å². The molecule has 26 heavy (non-hydrogen) atoms. The fraction of sp³-hybridized carbons (Fsp3) is 0.444. The van der Waals surface area contributed by atoms with Gasteiger partial charge in [0.25, 0.3) is 5.91 Å². The van der Waals surface area contributed by atoms with Gasteiger partial charge in [-0.15, -0.1) is 11.3 Å². The van der Waals surface area contributed by atoms with Gasteiger partial charge in [-0.3, -0.25) is 4.79 Å². The Hall–Kier alpha value is -1.38. The summed E-state index contributed by atoms with van der Waals surface area (Å²) in [6.07, 6.45) is 0.532. The summed E-state index contributed by atoms with van der Waals surface area (Å²) in [4.78, 5) is 18.9. The second-order valence-electron chi connectivity index (χ2n) is 6.39. The lowest BCUT2D eigenvalue weighted by atomic mass is 10.1. The number of hydrogen-bond acceptors (Lipinski definition) is 6. The van der Waals surface area contributed by atoms with Crippen molar-refractivity contribution in [1.82, 2.24) is 9.88 Å². The van der Waals surface area contributed by atoms with Crippen molar-refractivity contribution >= 4 is 38.8 Å². The normalized spacial score (nSPS) is 18.8. The average molecular weight is 411 g/mol. The maximum Gasteiger partial charge on any atom is 0.254 e. The number of thioether (sulfide) groups is 1. The van der Waals surface area contributed by atoms with Crippen LogP contribution in [0.3, 0.4) is 0 Å². The quantitative estimate of drug-likeness (QED) is 0.683. The maximum atomic E-state index is 12.8. The van der Waals surface area contributed by atoms with E-state index in [-0.39, 0.29) is 23.5 Å². The topological polar surface area (TPSA) is 67.3 Å². The summed E-state index contributed by atoms with van der Waals surface area (Å²) < 4.78 is 24.5. The van der Waals surface area contributed by atoms with Crippen LogP contribution in [0.5, 0.6) is 0 Å². The van der Waals surface area contributed by atoms with Gasteiger partial charge in [0.2, 0.25) is 0 Å². The lowest BCUT2D eigenvalue weighted by Crippen LogP contribution is -2.40. The molecular weight excluding hydrogens is 388 g/mol. The van der Waals surface area contributed by atoms with E-state index in [2.05, 4.69) is 4.98 Å². The number of rotatable bonds is 6. The fourth-order valence-electron chi connectivity index (χ4n) is 3.04. The van der Waals surface area contributed by atoms with Crippen LogP contribution < -0.4 is 0 Å². The Kier molecular flexibility index (Phi) is 6.04. The van der Waals surface area contributed by atoms with Crippen LogP contribution in [0.4, 0.5) is 0 Å². The van der Waals surface area contributed by atoms with Crippen LogP contribution in [-0.4, -0.2) is 48.3 Å². The third kappa shape index (κ3) is 4.66. The first kappa shape index (κ1) is 19.4. The zero-order chi connectivity index (χ0) is 18.7. The largest absolute Gasteiger partial charge is 0.335 e. The van der Waals surface area contributed by atoms with Gasteiger partial charge in [-0.05, 0) is 38.0 Å². The molecular formula is C18H22N2O3S3. The van der Waals surface area contributed by atoms with Gasteiger partial charge < -0.3 is 4.90 Å². The molecule has 1 unspecified atom stereocenters. The third-order valence-corrected chi connectivity index (χ3v) is 8.37. The number of aryl methyl sites for hydroxylation is 1. The van der Waals surface area contributed by atoms with Gasteiger partial charge in [0.1, 0.15) is 4.34 Å². The van der Waals surface area contributed by atoms with Crippen LogP contribution in [0.15, 0.2) is 34.0 Å². The van der Waals surface area contributed by atoms with E-state index in [9.17, 15) is 13.2 Å². The second-order valence-corrected chi connectivity index (χ2v) is 10.7. The van der Waals surface area contributed by atoms with E-state index >= 15 is 0 Å². The molecule has 1 aliphatic heterocycles. The van der Waals surface area contributed by atoms with Crippen LogP contribution in [-0.2, 0) is 15.6 Å². The molecule has 5 nitrogen and oxygen atoms in total. The Morgan fingerprint density at radius 1 is 1.35 bits per heavy atom. The van der Waals surface area contributed by atoms with E-state index in [1.807, 2.05) is 43.5 Å². The molecule has 1 atom stereocenters. The molecule has 0 radical (unpaired) electrons. The summed E-state index contributed by atoms with van der Waals surface area (Å²) in [7, 11) is -3.01. The molecule has 8 heteroatoms. The summed E-state index contributed by atoms with van der Waals surface area (Å²) in [5.41, 5.74) is 2.77. The maximum absolute atomic E-state index is 12.8. The molecule has 0 spiro atoms. The van der Waals surface area contributed by atoms with Gasteiger partial charge in [-0.2, -0.15) is 0 Å². The van der Waals surface area contributed by atoms with E-state index in [0.29, 0.717) is 18.5 Å². The van der Waals surface area contributed by atoms with Crippen molar-refractivity contribution < 1.29 is 13.2 Å². The number of sulfone groups is 1. The number of thiazole rings is 1. The highest BCUT2D eigenvalue weighted by Gasteiger charge is 2.34. The standard InChI is InChI=1S/C18H22N2O3S3/c1-3-20(16-8-9-26(22,23)12-16)17(21)15-6-4-14(5-7-15)11-25-18-19-13(2)10-24-18/h4-7,10,16H,3,8-9,11-12H2,1-2H3. The third-order valence-electron chi connectivity index (χ3n) is 4.41. The first-order chi connectivity index (χ1) is 12.4. The molecule has 0 bridgehead atoms. The van der Waals surface area contributed by atoms with Crippen LogP contribution in [0.25, 0.3) is 0 Å². The van der Waals surface area contributed by atoms with E-state index in [4.69, 9.17) is 0 Å². The molecule has 1 amide bonds. The molecule has 3 rings (SSSR count). The van der Waals surface area contributed by atoms with Gasteiger partial charge >= 0.3 is 0 Å². The molecule has 140 valence electrons. The molecule has 0 aliphatic carbocycles. The summed E-state index contributed by atoms with van der Waals surface area (Å²) in [5.74, 6) is 0.965. The first-order valence-corrected chi connectivity index (χ1v) is 12.2. The Bertz CT molecular complexity index is 875. The summed E-state index contributed by atoms with van der Waals surface area (Å²) in [5, 5.41) is 2.03. The van der Waals surface area contributed by atoms with Crippen LogP contribution in [0.1, 0.15) is 35.0 Å². The van der Waals surface area contributed by atoms with Crippen LogP contribution in [0, 0.1) is 6.92 Å². The minimum atomic E-state index is -3.01. The molecule has 2 aromatic rings. The predicted octanol–water partition coefficient (Wildman–Crippen LogP) is 3.39. The average Bonchev–Trinajstić information content (AvgIpc) is 3.19. The Morgan fingerprint density at radius 2 is 2.08 bits per heavy atom. The smallest absolute Gasteiger partial charge is 0.254 e. The van der Waals surface area contributed by atoms with Crippen molar-refractivity contribution in [2.45, 2.75) is 36.4 Å². The van der Waals surface area contributed by atoms with Crippen LogP contribution >= 0.6 is 23.1 Å². The molecule has 1 aromatic heterocycles. The van der Waals surface area contributed by atoms with E-state index in [1.54, 1.807) is 28.0 Å². The molecule has 0 N–H and O–H groups in total. The van der Waals surface area contributed by atoms with Crippen molar-refractivity contribution in [3.05, 3.63) is 46.5 Å². The molecule has 2 heterocycles. The number of hydrogen-bond donors (Lipinski definition) is 0. The first-order valence-electron chi connectivity index (χ1n) is 8.53. The van der Waals surface area contributed by atoms with Gasteiger partial charge in [-0.1, -0.05) is 23.9 Å². The minimum Gasteiger partial charge on any atom is -0.335 e. The van der Waals surface area contributed by atoms with E-state index < -0.39 is 9.84 Å². The van der Waals surface area contributed by atoms with Gasteiger partial charge in [0.05, 0.1) is 11.5 Å². The van der Waals surface area contributed by atoms with E-state index in [0.717, 1.165) is 21.3 Å². The van der Waals surface area contributed by atoms with Crippen molar-refractivity contribution in [3.63, 3.8) is 0 Å². The fourth-order valence-corrected chi connectivity index (χ4v) is 6.58. The monoisotopic (exact) mass is 410 g/mol. The summed E-state index contributed by atoms with van der Waals surface area (Å²) in [6, 6.07) is 7.37. The Morgan fingerprint density at radius 3 is 2.62 bits per heavy atom. The van der Waals surface area contributed by atoms with Crippen molar-refractivity contribution in [3.8, 4) is 0 Å². The highest BCUT2D eigenvalue weighted by Crippen LogP contribution is 2.26. The van der Waals surface area contributed by atoms with Crippen LogP contribution in [0.2, 0.25) is 0 Å². The predicted molar refractivity (Wildman–Crippen MR) is 107 cm³/mol. The van der Waals surface area contributed by atoms with Gasteiger partial charge in [-0.25, -0.2) is 13.4 Å². The molecule has 1 aromatic carbocycles. The lowest BCUT2D eigenvalue weighted by Gasteiger charge is -2.27. The number of aromatic nitrogens is 1. The second kappa shape index (κ2) is 8.10.